The van der Waals surface area contributed by atoms with Gasteiger partial charge >= 0.3 is 5.97 Å². The Bertz CT molecular complexity index is 442. The molecular formula is C14H17NO4. The topological polar surface area (TPSA) is 57.7 Å². The van der Waals surface area contributed by atoms with Crippen LogP contribution in [0.15, 0.2) is 24.5 Å². The molecule has 19 heavy (non-hydrogen) atoms. The van der Waals surface area contributed by atoms with Gasteiger partial charge in [-0.2, -0.15) is 0 Å². The summed E-state index contributed by atoms with van der Waals surface area (Å²) in [6.45, 7) is 1.34. The van der Waals surface area contributed by atoms with Gasteiger partial charge in [-0.1, -0.05) is 0 Å². The van der Waals surface area contributed by atoms with E-state index in [-0.39, 0.29) is 12.1 Å². The molecule has 0 aliphatic carbocycles. The second-order valence-electron chi connectivity index (χ2n) is 4.88. The van der Waals surface area contributed by atoms with Crippen molar-refractivity contribution in [3.8, 4) is 0 Å². The van der Waals surface area contributed by atoms with Crippen LogP contribution in [-0.2, 0) is 14.2 Å². The van der Waals surface area contributed by atoms with Gasteiger partial charge in [-0.25, -0.2) is 4.79 Å². The van der Waals surface area contributed by atoms with Gasteiger partial charge in [-0.05, 0) is 31.4 Å². The number of nitrogens with zero attached hydrogens (tertiary/aromatic N) is 1. The normalized spacial score (nSPS) is 30.4. The second-order valence-corrected chi connectivity index (χ2v) is 4.88. The summed E-state index contributed by atoms with van der Waals surface area (Å²) in [4.78, 5) is 16.0. The minimum atomic E-state index is -0.707. The molecular weight excluding hydrogens is 246 g/mol. The summed E-state index contributed by atoms with van der Waals surface area (Å²) in [5.41, 5.74) is 0.508. The van der Waals surface area contributed by atoms with Gasteiger partial charge in [0.2, 0.25) is 5.79 Å². The van der Waals surface area contributed by atoms with Gasteiger partial charge in [0.25, 0.3) is 0 Å². The lowest BCUT2D eigenvalue weighted by Gasteiger charge is -2.39. The molecule has 102 valence electrons. The molecule has 5 nitrogen and oxygen atoms in total. The highest BCUT2D eigenvalue weighted by Gasteiger charge is 2.48. The summed E-state index contributed by atoms with van der Waals surface area (Å²) in [6, 6.07) is 3.29. The van der Waals surface area contributed by atoms with E-state index in [1.165, 1.54) is 0 Å². The largest absolute Gasteiger partial charge is 0.453 e. The number of hydrogen-bond donors (Lipinski definition) is 0. The van der Waals surface area contributed by atoms with E-state index in [1.54, 1.807) is 24.5 Å². The zero-order valence-corrected chi connectivity index (χ0v) is 10.7. The average molecular weight is 263 g/mol. The smallest absolute Gasteiger partial charge is 0.338 e. The van der Waals surface area contributed by atoms with Gasteiger partial charge in [0.15, 0.2) is 6.10 Å². The third kappa shape index (κ3) is 2.48. The summed E-state index contributed by atoms with van der Waals surface area (Å²) < 4.78 is 17.1. The Hall–Kier alpha value is -1.46. The monoisotopic (exact) mass is 263 g/mol. The summed E-state index contributed by atoms with van der Waals surface area (Å²) in [7, 11) is 0. The van der Waals surface area contributed by atoms with E-state index in [4.69, 9.17) is 14.2 Å². The van der Waals surface area contributed by atoms with E-state index < -0.39 is 5.79 Å². The Labute approximate surface area is 111 Å². The fourth-order valence-corrected chi connectivity index (χ4v) is 2.66. The third-order valence-corrected chi connectivity index (χ3v) is 3.63. The first-order valence-corrected chi connectivity index (χ1v) is 6.69. The highest BCUT2D eigenvalue weighted by molar-refractivity contribution is 5.89. The van der Waals surface area contributed by atoms with E-state index in [0.29, 0.717) is 18.8 Å². The predicted octanol–water partition coefficient (Wildman–Crippen LogP) is 1.92. The van der Waals surface area contributed by atoms with E-state index in [0.717, 1.165) is 25.7 Å². The Balaban J connectivity index is 1.72. The Morgan fingerprint density at radius 2 is 2.00 bits per heavy atom. The van der Waals surface area contributed by atoms with Gasteiger partial charge < -0.3 is 14.2 Å². The fourth-order valence-electron chi connectivity index (χ4n) is 2.66. The van der Waals surface area contributed by atoms with Crippen molar-refractivity contribution in [3.63, 3.8) is 0 Å². The highest BCUT2D eigenvalue weighted by atomic mass is 16.7. The molecule has 2 saturated heterocycles. The second kappa shape index (κ2) is 5.27. The SMILES string of the molecule is O=C(OC1CCCOC12CCCO2)c1ccncc1. The number of carbonyl (C=O) groups excluding carboxylic acids is 1. The van der Waals surface area contributed by atoms with Crippen LogP contribution in [0.4, 0.5) is 0 Å². The van der Waals surface area contributed by atoms with Crippen molar-refractivity contribution in [2.75, 3.05) is 13.2 Å². The molecule has 2 fully saturated rings. The molecule has 1 aromatic rings. The average Bonchev–Trinajstić information content (AvgIpc) is 2.92. The predicted molar refractivity (Wildman–Crippen MR) is 66.5 cm³/mol. The van der Waals surface area contributed by atoms with Crippen LogP contribution in [0.25, 0.3) is 0 Å². The van der Waals surface area contributed by atoms with Crippen molar-refractivity contribution >= 4 is 5.97 Å². The van der Waals surface area contributed by atoms with E-state index in [9.17, 15) is 4.79 Å². The highest BCUT2D eigenvalue weighted by Crippen LogP contribution is 2.37. The van der Waals surface area contributed by atoms with Crippen molar-refractivity contribution in [1.29, 1.82) is 0 Å². The van der Waals surface area contributed by atoms with Crippen LogP contribution in [0.5, 0.6) is 0 Å². The van der Waals surface area contributed by atoms with Crippen molar-refractivity contribution in [3.05, 3.63) is 30.1 Å². The summed E-state index contributed by atoms with van der Waals surface area (Å²) in [5, 5.41) is 0. The molecule has 0 saturated carbocycles. The lowest BCUT2D eigenvalue weighted by atomic mass is 9.99. The van der Waals surface area contributed by atoms with Gasteiger partial charge in [0.1, 0.15) is 0 Å². The molecule has 3 rings (SSSR count). The molecule has 0 N–H and O–H groups in total. The standard InChI is InChI=1S/C14H17NO4/c16-13(11-4-7-15-8-5-11)19-12-3-1-9-17-14(12)6-2-10-18-14/h4-5,7-8,12H,1-3,6,9-10H2. The van der Waals surface area contributed by atoms with Crippen LogP contribution in [0, 0.1) is 0 Å². The van der Waals surface area contributed by atoms with Crippen molar-refractivity contribution < 1.29 is 19.0 Å². The molecule has 3 heterocycles. The van der Waals surface area contributed by atoms with Crippen molar-refractivity contribution in [2.45, 2.75) is 37.6 Å². The molecule has 0 aromatic carbocycles. The number of hydrogen-bond acceptors (Lipinski definition) is 5. The van der Waals surface area contributed by atoms with Gasteiger partial charge in [0.05, 0.1) is 18.8 Å². The number of rotatable bonds is 2. The maximum Gasteiger partial charge on any atom is 0.338 e. The lowest BCUT2D eigenvalue weighted by Crippen LogP contribution is -2.50. The lowest BCUT2D eigenvalue weighted by molar-refractivity contribution is -0.277. The van der Waals surface area contributed by atoms with Gasteiger partial charge in [0, 0.05) is 18.8 Å². The molecule has 2 atom stereocenters. The van der Waals surface area contributed by atoms with E-state index >= 15 is 0 Å². The summed E-state index contributed by atoms with van der Waals surface area (Å²) in [6.07, 6.45) is 6.26. The molecule has 2 unspecified atom stereocenters. The molecule has 1 spiro atoms. The van der Waals surface area contributed by atoms with Gasteiger partial charge in [-0.15, -0.1) is 0 Å². The van der Waals surface area contributed by atoms with Crippen LogP contribution in [0.1, 0.15) is 36.0 Å². The maximum atomic E-state index is 12.1. The van der Waals surface area contributed by atoms with Crippen LogP contribution in [0.3, 0.4) is 0 Å². The van der Waals surface area contributed by atoms with Crippen molar-refractivity contribution in [1.82, 2.24) is 4.98 Å². The van der Waals surface area contributed by atoms with E-state index in [2.05, 4.69) is 4.98 Å². The molecule has 0 amide bonds. The first-order valence-electron chi connectivity index (χ1n) is 6.69. The Kier molecular flexibility index (Phi) is 3.48. The third-order valence-electron chi connectivity index (χ3n) is 3.63. The zero-order valence-electron chi connectivity index (χ0n) is 10.7. The first-order chi connectivity index (χ1) is 9.30. The fraction of sp³-hybridized carbons (Fsp3) is 0.571. The van der Waals surface area contributed by atoms with E-state index in [1.807, 2.05) is 0 Å². The summed E-state index contributed by atoms with van der Waals surface area (Å²) >= 11 is 0. The number of esters is 1. The Morgan fingerprint density at radius 3 is 2.74 bits per heavy atom. The minimum Gasteiger partial charge on any atom is -0.453 e. The van der Waals surface area contributed by atoms with Gasteiger partial charge in [-0.3, -0.25) is 4.98 Å². The van der Waals surface area contributed by atoms with Crippen molar-refractivity contribution in [2.24, 2.45) is 0 Å². The molecule has 0 radical (unpaired) electrons. The number of aromatic nitrogens is 1. The van der Waals surface area contributed by atoms with Crippen LogP contribution in [-0.4, -0.2) is 36.1 Å². The Morgan fingerprint density at radius 1 is 1.26 bits per heavy atom. The van der Waals surface area contributed by atoms with Crippen LogP contribution < -0.4 is 0 Å². The number of pyridine rings is 1. The zero-order chi connectivity index (χ0) is 13.1. The molecule has 2 aliphatic rings. The number of carbonyl (C=O) groups is 1. The maximum absolute atomic E-state index is 12.1. The molecule has 0 bridgehead atoms. The van der Waals surface area contributed by atoms with Crippen LogP contribution in [0.2, 0.25) is 0 Å². The minimum absolute atomic E-state index is 0.315. The molecule has 1 aromatic heterocycles. The first kappa shape index (κ1) is 12.6. The molecule has 5 heteroatoms. The summed E-state index contributed by atoms with van der Waals surface area (Å²) in [5.74, 6) is -1.05. The van der Waals surface area contributed by atoms with Crippen LogP contribution >= 0.6 is 0 Å². The quantitative estimate of drug-likeness (QED) is 0.763. The number of ether oxygens (including phenoxy) is 3. The molecule has 2 aliphatic heterocycles.